The first-order chi connectivity index (χ1) is 10.5. The van der Waals surface area contributed by atoms with E-state index in [-0.39, 0.29) is 11.8 Å². The van der Waals surface area contributed by atoms with Crippen LogP contribution in [0.2, 0.25) is 5.02 Å². The van der Waals surface area contributed by atoms with Gasteiger partial charge in [-0.3, -0.25) is 9.40 Å². The zero-order valence-corrected chi connectivity index (χ0v) is 13.3. The molecule has 1 N–H and O–H groups in total. The van der Waals surface area contributed by atoms with Crippen molar-refractivity contribution < 1.29 is 13.2 Å². The van der Waals surface area contributed by atoms with Gasteiger partial charge in [0.05, 0.1) is 30.3 Å². The summed E-state index contributed by atoms with van der Waals surface area (Å²) < 4.78 is 33.9. The highest BCUT2D eigenvalue weighted by Gasteiger charge is 2.19. The summed E-state index contributed by atoms with van der Waals surface area (Å²) in [6, 6.07) is 6.91. The van der Waals surface area contributed by atoms with Crippen LogP contribution in [0.5, 0.6) is 0 Å². The Morgan fingerprint density at radius 1 is 1.36 bits per heavy atom. The fraction of sp³-hybridized carbons (Fsp3) is 0.357. The van der Waals surface area contributed by atoms with E-state index in [1.807, 2.05) is 0 Å². The molecule has 1 fully saturated rings. The second-order valence-electron chi connectivity index (χ2n) is 5.21. The van der Waals surface area contributed by atoms with Crippen molar-refractivity contribution in [1.29, 1.82) is 0 Å². The summed E-state index contributed by atoms with van der Waals surface area (Å²) in [7, 11) is -3.49. The molecule has 22 heavy (non-hydrogen) atoms. The third kappa shape index (κ3) is 3.79. The number of hydrogen-bond donors (Lipinski definition) is 1. The molecule has 8 heteroatoms. The Balaban J connectivity index is 1.67. The predicted octanol–water partition coefficient (Wildman–Crippen LogP) is 2.44. The van der Waals surface area contributed by atoms with E-state index < -0.39 is 10.0 Å². The van der Waals surface area contributed by atoms with E-state index in [1.165, 1.54) is 6.20 Å². The molecule has 0 spiro atoms. The lowest BCUT2D eigenvalue weighted by Gasteiger charge is -2.08. The number of sulfonamides is 1. The summed E-state index contributed by atoms with van der Waals surface area (Å²) in [4.78, 5) is 0. The second kappa shape index (κ2) is 6.28. The largest absolute Gasteiger partial charge is 0.379 e. The van der Waals surface area contributed by atoms with Crippen LogP contribution in [0.4, 0.5) is 5.69 Å². The summed E-state index contributed by atoms with van der Waals surface area (Å²) >= 11 is 5.79. The maximum atomic E-state index is 12.2. The van der Waals surface area contributed by atoms with E-state index in [2.05, 4.69) is 9.82 Å². The number of ether oxygens (including phenoxy) is 1. The van der Waals surface area contributed by atoms with Gasteiger partial charge in [-0.15, -0.1) is 0 Å². The lowest BCUT2D eigenvalue weighted by molar-refractivity contribution is 0.184. The molecule has 0 bridgehead atoms. The zero-order valence-electron chi connectivity index (χ0n) is 11.8. The number of benzene rings is 1. The molecule has 2 aromatic rings. The number of rotatable bonds is 5. The van der Waals surface area contributed by atoms with E-state index in [9.17, 15) is 8.42 Å². The maximum Gasteiger partial charge on any atom is 0.237 e. The van der Waals surface area contributed by atoms with Crippen LogP contribution in [0, 0.1) is 0 Å². The standard InChI is InChI=1S/C14H16ClN3O3S/c15-12-3-1-11(2-4-12)10-22(19,20)17-13-7-16-18(8-13)14-5-6-21-9-14/h1-4,7-8,14,17H,5-6,9-10H2. The number of hydrogen-bond acceptors (Lipinski definition) is 4. The fourth-order valence-electron chi connectivity index (χ4n) is 2.34. The Labute approximate surface area is 134 Å². The van der Waals surface area contributed by atoms with Crippen LogP contribution in [0.1, 0.15) is 18.0 Å². The molecule has 1 aromatic carbocycles. The average Bonchev–Trinajstić information content (AvgIpc) is 3.11. The number of aromatic nitrogens is 2. The number of halogens is 1. The van der Waals surface area contributed by atoms with Crippen molar-refractivity contribution in [2.24, 2.45) is 0 Å². The maximum absolute atomic E-state index is 12.2. The number of nitrogens with zero attached hydrogens (tertiary/aromatic N) is 2. The molecule has 0 aliphatic carbocycles. The summed E-state index contributed by atoms with van der Waals surface area (Å²) in [6.07, 6.45) is 4.09. The molecule has 0 amide bonds. The van der Waals surface area contributed by atoms with Gasteiger partial charge in [-0.1, -0.05) is 23.7 Å². The third-order valence-electron chi connectivity index (χ3n) is 3.42. The van der Waals surface area contributed by atoms with Crippen molar-refractivity contribution in [1.82, 2.24) is 9.78 Å². The molecule has 0 saturated carbocycles. The van der Waals surface area contributed by atoms with Crippen molar-refractivity contribution in [2.75, 3.05) is 17.9 Å². The highest BCUT2D eigenvalue weighted by atomic mass is 35.5. The molecular formula is C14H16ClN3O3S. The van der Waals surface area contributed by atoms with Crippen molar-refractivity contribution in [3.8, 4) is 0 Å². The fourth-order valence-corrected chi connectivity index (χ4v) is 3.63. The Morgan fingerprint density at radius 2 is 2.14 bits per heavy atom. The van der Waals surface area contributed by atoms with E-state index in [0.29, 0.717) is 29.5 Å². The first kappa shape index (κ1) is 15.3. The predicted molar refractivity (Wildman–Crippen MR) is 84.4 cm³/mol. The van der Waals surface area contributed by atoms with E-state index in [0.717, 1.165) is 6.42 Å². The zero-order chi connectivity index (χ0) is 15.6. The minimum Gasteiger partial charge on any atom is -0.379 e. The molecule has 1 unspecified atom stereocenters. The Kier molecular flexibility index (Phi) is 4.37. The minimum atomic E-state index is -3.49. The van der Waals surface area contributed by atoms with Gasteiger partial charge in [0.1, 0.15) is 0 Å². The SMILES string of the molecule is O=S(=O)(Cc1ccc(Cl)cc1)Nc1cnn(C2CCOC2)c1. The van der Waals surface area contributed by atoms with E-state index >= 15 is 0 Å². The molecule has 1 atom stereocenters. The van der Waals surface area contributed by atoms with Crippen molar-refractivity contribution in [3.63, 3.8) is 0 Å². The van der Waals surface area contributed by atoms with Gasteiger partial charge in [-0.2, -0.15) is 5.10 Å². The molecule has 1 aromatic heterocycles. The molecule has 6 nitrogen and oxygen atoms in total. The molecule has 2 heterocycles. The summed E-state index contributed by atoms with van der Waals surface area (Å²) in [5.74, 6) is -0.109. The van der Waals surface area contributed by atoms with Crippen LogP contribution in [-0.4, -0.2) is 31.4 Å². The van der Waals surface area contributed by atoms with Gasteiger partial charge in [-0.05, 0) is 24.1 Å². The van der Waals surface area contributed by atoms with Crippen molar-refractivity contribution in [3.05, 3.63) is 47.2 Å². The minimum absolute atomic E-state index is 0.109. The monoisotopic (exact) mass is 341 g/mol. The number of nitrogens with one attached hydrogen (secondary N) is 1. The van der Waals surface area contributed by atoms with Gasteiger partial charge in [0, 0.05) is 17.8 Å². The molecule has 118 valence electrons. The quantitative estimate of drug-likeness (QED) is 0.906. The van der Waals surface area contributed by atoms with Crippen molar-refractivity contribution >= 4 is 27.3 Å². The Hall–Kier alpha value is -1.57. The molecule has 1 saturated heterocycles. The Morgan fingerprint density at radius 3 is 2.82 bits per heavy atom. The molecular weight excluding hydrogens is 326 g/mol. The first-order valence-electron chi connectivity index (χ1n) is 6.89. The van der Waals surface area contributed by atoms with Gasteiger partial charge >= 0.3 is 0 Å². The lowest BCUT2D eigenvalue weighted by Crippen LogP contribution is -2.15. The Bertz CT molecular complexity index is 737. The second-order valence-corrected chi connectivity index (χ2v) is 7.37. The van der Waals surface area contributed by atoms with Crippen LogP contribution in [0.15, 0.2) is 36.7 Å². The molecule has 1 aliphatic rings. The lowest BCUT2D eigenvalue weighted by atomic mass is 10.2. The van der Waals surface area contributed by atoms with E-state index in [4.69, 9.17) is 16.3 Å². The summed E-state index contributed by atoms with van der Waals surface area (Å²) in [5, 5.41) is 4.77. The topological polar surface area (TPSA) is 73.2 Å². The van der Waals surface area contributed by atoms with Crippen LogP contribution < -0.4 is 4.72 Å². The average molecular weight is 342 g/mol. The summed E-state index contributed by atoms with van der Waals surface area (Å²) in [6.45, 7) is 1.32. The highest BCUT2D eigenvalue weighted by Crippen LogP contribution is 2.20. The summed E-state index contributed by atoms with van der Waals surface area (Å²) in [5.41, 5.74) is 1.13. The van der Waals surface area contributed by atoms with Crippen LogP contribution in [-0.2, 0) is 20.5 Å². The van der Waals surface area contributed by atoms with Crippen LogP contribution in [0.3, 0.4) is 0 Å². The van der Waals surface area contributed by atoms with Crippen LogP contribution in [0.25, 0.3) is 0 Å². The van der Waals surface area contributed by atoms with Gasteiger partial charge in [0.15, 0.2) is 0 Å². The van der Waals surface area contributed by atoms with Gasteiger partial charge in [0.2, 0.25) is 10.0 Å². The molecule has 3 rings (SSSR count). The molecule has 1 aliphatic heterocycles. The number of anilines is 1. The van der Waals surface area contributed by atoms with Crippen molar-refractivity contribution in [2.45, 2.75) is 18.2 Å². The van der Waals surface area contributed by atoms with Gasteiger partial charge in [-0.25, -0.2) is 8.42 Å². The van der Waals surface area contributed by atoms with E-state index in [1.54, 1.807) is 35.1 Å². The smallest absolute Gasteiger partial charge is 0.237 e. The van der Waals surface area contributed by atoms with Crippen LogP contribution >= 0.6 is 11.6 Å². The first-order valence-corrected chi connectivity index (χ1v) is 8.92. The highest BCUT2D eigenvalue weighted by molar-refractivity contribution is 7.91. The normalized spacial score (nSPS) is 18.5. The van der Waals surface area contributed by atoms with Gasteiger partial charge < -0.3 is 4.74 Å². The van der Waals surface area contributed by atoms with Gasteiger partial charge in [0.25, 0.3) is 0 Å². The third-order valence-corrected chi connectivity index (χ3v) is 4.94. The molecule has 0 radical (unpaired) electrons.